The summed E-state index contributed by atoms with van der Waals surface area (Å²) >= 11 is 0. The van der Waals surface area contributed by atoms with E-state index in [9.17, 15) is 4.39 Å². The highest BCUT2D eigenvalue weighted by Gasteiger charge is 2.48. The van der Waals surface area contributed by atoms with Crippen LogP contribution in [0.4, 0.5) is 4.39 Å². The summed E-state index contributed by atoms with van der Waals surface area (Å²) in [4.78, 5) is 0. The van der Waals surface area contributed by atoms with Crippen molar-refractivity contribution < 1.29 is 23.3 Å². The summed E-state index contributed by atoms with van der Waals surface area (Å²) in [5.74, 6) is -0.843. The van der Waals surface area contributed by atoms with Crippen LogP contribution in [0.15, 0.2) is 24.3 Å². The van der Waals surface area contributed by atoms with Gasteiger partial charge in [-0.25, -0.2) is 4.39 Å². The zero-order chi connectivity index (χ0) is 14.2. The van der Waals surface area contributed by atoms with Gasteiger partial charge < -0.3 is 18.9 Å². The molecule has 0 aliphatic carbocycles. The fourth-order valence-corrected chi connectivity index (χ4v) is 2.63. The third kappa shape index (κ3) is 3.01. The van der Waals surface area contributed by atoms with Gasteiger partial charge in [-0.3, -0.25) is 0 Å². The zero-order valence-corrected chi connectivity index (χ0v) is 11.7. The first-order chi connectivity index (χ1) is 9.53. The molecule has 0 radical (unpaired) electrons. The van der Waals surface area contributed by atoms with E-state index >= 15 is 0 Å². The van der Waals surface area contributed by atoms with Crippen molar-refractivity contribution in [2.75, 3.05) is 13.2 Å². The van der Waals surface area contributed by atoms with Gasteiger partial charge >= 0.3 is 0 Å². The Labute approximate surface area is 117 Å². The van der Waals surface area contributed by atoms with Crippen LogP contribution in [0.25, 0.3) is 0 Å². The first-order valence-electron chi connectivity index (χ1n) is 6.83. The molecule has 5 heteroatoms. The lowest BCUT2D eigenvalue weighted by Gasteiger charge is -2.31. The van der Waals surface area contributed by atoms with Crippen molar-refractivity contribution in [2.45, 2.75) is 44.6 Å². The maximum atomic E-state index is 12.8. The van der Waals surface area contributed by atoms with Crippen LogP contribution in [0.5, 0.6) is 0 Å². The molecule has 2 fully saturated rings. The fraction of sp³-hybridized carbons (Fsp3) is 0.600. The summed E-state index contributed by atoms with van der Waals surface area (Å²) in [5.41, 5.74) is 0.923. The van der Waals surface area contributed by atoms with E-state index in [1.54, 1.807) is 12.1 Å². The second kappa shape index (κ2) is 5.41. The van der Waals surface area contributed by atoms with Crippen molar-refractivity contribution in [3.63, 3.8) is 0 Å². The van der Waals surface area contributed by atoms with Crippen molar-refractivity contribution >= 4 is 0 Å². The van der Waals surface area contributed by atoms with Gasteiger partial charge in [-0.2, -0.15) is 0 Å². The molecule has 0 amide bonds. The number of rotatable bonds is 3. The summed E-state index contributed by atoms with van der Waals surface area (Å²) in [6.45, 7) is 5.21. The van der Waals surface area contributed by atoms with Crippen molar-refractivity contribution in [2.24, 2.45) is 0 Å². The highest BCUT2D eigenvalue weighted by Crippen LogP contribution is 2.33. The third-order valence-electron chi connectivity index (χ3n) is 3.53. The number of halogens is 1. The maximum Gasteiger partial charge on any atom is 0.164 e. The van der Waals surface area contributed by atoms with Gasteiger partial charge in [-0.1, -0.05) is 12.1 Å². The average Bonchev–Trinajstić information content (AvgIpc) is 2.72. The predicted octanol–water partition coefficient (Wildman–Crippen LogP) is 2.26. The van der Waals surface area contributed by atoms with Crippen LogP contribution in [0.3, 0.4) is 0 Å². The molecule has 1 aromatic carbocycles. The molecule has 3 atom stereocenters. The standard InChI is InChI=1S/C15H19FO4/c1-15(2)19-13-9-17-8-12(14(13)20-15)18-7-10-3-5-11(16)6-4-10/h3-6,12-14H,7-9H2,1-2H3/t12-,13-,14+/m0/s1. The van der Waals surface area contributed by atoms with Crippen LogP contribution in [0, 0.1) is 5.82 Å². The molecule has 0 bridgehead atoms. The van der Waals surface area contributed by atoms with E-state index in [2.05, 4.69) is 0 Å². The number of fused-ring (bicyclic) bond motifs is 1. The molecule has 3 rings (SSSR count). The smallest absolute Gasteiger partial charge is 0.164 e. The summed E-state index contributed by atoms with van der Waals surface area (Å²) < 4.78 is 35.9. The Morgan fingerprint density at radius 3 is 2.70 bits per heavy atom. The van der Waals surface area contributed by atoms with E-state index in [1.165, 1.54) is 12.1 Å². The molecular weight excluding hydrogens is 263 g/mol. The monoisotopic (exact) mass is 282 g/mol. The molecular formula is C15H19FO4. The third-order valence-corrected chi connectivity index (χ3v) is 3.53. The van der Waals surface area contributed by atoms with E-state index in [0.717, 1.165) is 5.56 Å². The Hall–Kier alpha value is -1.01. The highest BCUT2D eigenvalue weighted by atomic mass is 19.1. The molecule has 0 aromatic heterocycles. The molecule has 2 saturated heterocycles. The van der Waals surface area contributed by atoms with Crippen LogP contribution in [0.1, 0.15) is 19.4 Å². The summed E-state index contributed by atoms with van der Waals surface area (Å²) in [7, 11) is 0. The van der Waals surface area contributed by atoms with E-state index in [0.29, 0.717) is 19.8 Å². The Morgan fingerprint density at radius 1 is 1.20 bits per heavy atom. The number of ether oxygens (including phenoxy) is 4. The number of hydrogen-bond donors (Lipinski definition) is 0. The Kier molecular flexibility index (Phi) is 3.77. The van der Waals surface area contributed by atoms with Crippen LogP contribution in [0.2, 0.25) is 0 Å². The molecule has 0 spiro atoms. The second-order valence-electron chi connectivity index (χ2n) is 5.65. The molecule has 2 heterocycles. The minimum atomic E-state index is -0.597. The highest BCUT2D eigenvalue weighted by molar-refractivity contribution is 5.15. The first kappa shape index (κ1) is 13.9. The Balaban J connectivity index is 1.61. The Morgan fingerprint density at radius 2 is 1.95 bits per heavy atom. The van der Waals surface area contributed by atoms with Gasteiger partial charge in [0, 0.05) is 0 Å². The van der Waals surface area contributed by atoms with Crippen molar-refractivity contribution in [1.82, 2.24) is 0 Å². The minimum Gasteiger partial charge on any atom is -0.376 e. The lowest BCUT2D eigenvalue weighted by atomic mass is 10.1. The molecule has 110 valence electrons. The molecule has 2 aliphatic heterocycles. The van der Waals surface area contributed by atoms with Crippen LogP contribution < -0.4 is 0 Å². The van der Waals surface area contributed by atoms with Crippen LogP contribution in [-0.4, -0.2) is 37.3 Å². The molecule has 20 heavy (non-hydrogen) atoms. The van der Waals surface area contributed by atoms with Gasteiger partial charge in [-0.15, -0.1) is 0 Å². The van der Waals surface area contributed by atoms with Gasteiger partial charge in [0.15, 0.2) is 5.79 Å². The summed E-state index contributed by atoms with van der Waals surface area (Å²) in [5, 5.41) is 0. The molecule has 4 nitrogen and oxygen atoms in total. The zero-order valence-electron chi connectivity index (χ0n) is 11.7. The van der Waals surface area contributed by atoms with Crippen molar-refractivity contribution in [1.29, 1.82) is 0 Å². The summed E-state index contributed by atoms with van der Waals surface area (Å²) in [6.07, 6.45) is -0.364. The van der Waals surface area contributed by atoms with E-state index in [1.807, 2.05) is 13.8 Å². The van der Waals surface area contributed by atoms with Gasteiger partial charge in [0.05, 0.1) is 19.8 Å². The van der Waals surface area contributed by atoms with Crippen molar-refractivity contribution in [3.8, 4) is 0 Å². The van der Waals surface area contributed by atoms with Crippen LogP contribution >= 0.6 is 0 Å². The fourth-order valence-electron chi connectivity index (χ4n) is 2.63. The quantitative estimate of drug-likeness (QED) is 0.852. The number of hydrogen-bond acceptors (Lipinski definition) is 4. The van der Waals surface area contributed by atoms with Gasteiger partial charge in [0.1, 0.15) is 24.1 Å². The molecule has 0 N–H and O–H groups in total. The normalized spacial score (nSPS) is 32.0. The lowest BCUT2D eigenvalue weighted by Crippen LogP contribution is -2.47. The minimum absolute atomic E-state index is 0.0861. The maximum absolute atomic E-state index is 12.8. The van der Waals surface area contributed by atoms with E-state index in [4.69, 9.17) is 18.9 Å². The predicted molar refractivity (Wildman–Crippen MR) is 69.6 cm³/mol. The topological polar surface area (TPSA) is 36.9 Å². The largest absolute Gasteiger partial charge is 0.376 e. The van der Waals surface area contributed by atoms with Crippen molar-refractivity contribution in [3.05, 3.63) is 35.6 Å². The Bertz CT molecular complexity index is 459. The first-order valence-corrected chi connectivity index (χ1v) is 6.83. The molecule has 2 aliphatic rings. The molecule has 0 unspecified atom stereocenters. The lowest BCUT2D eigenvalue weighted by molar-refractivity contribution is -0.160. The van der Waals surface area contributed by atoms with Gasteiger partial charge in [0.25, 0.3) is 0 Å². The SMILES string of the molecule is CC1(C)O[C@@H]2[C@@H](OCc3ccc(F)cc3)COC[C@@H]2O1. The second-order valence-corrected chi connectivity index (χ2v) is 5.65. The van der Waals surface area contributed by atoms with E-state index in [-0.39, 0.29) is 24.1 Å². The van der Waals surface area contributed by atoms with Gasteiger partial charge in [-0.05, 0) is 31.5 Å². The van der Waals surface area contributed by atoms with Crippen LogP contribution in [-0.2, 0) is 25.6 Å². The molecule has 0 saturated carbocycles. The van der Waals surface area contributed by atoms with E-state index < -0.39 is 5.79 Å². The van der Waals surface area contributed by atoms with Gasteiger partial charge in [0.2, 0.25) is 0 Å². The number of benzene rings is 1. The summed E-state index contributed by atoms with van der Waals surface area (Å²) in [6, 6.07) is 6.28. The average molecular weight is 282 g/mol. The molecule has 1 aromatic rings.